The van der Waals surface area contributed by atoms with Crippen LogP contribution in [0.4, 0.5) is 11.5 Å². The highest BCUT2D eigenvalue weighted by Crippen LogP contribution is 2.27. The van der Waals surface area contributed by atoms with Crippen LogP contribution in [0.2, 0.25) is 5.02 Å². The molecule has 0 unspecified atom stereocenters. The highest BCUT2D eigenvalue weighted by Gasteiger charge is 2.21. The standard InChI is InChI=1S/C18H23ClN4O/c1-3-16-17(19)18(21-12-20-16)22-13-8-10-23(11-9-13)14-4-6-15(24-2)7-5-14/h4-7,12-13H,3,8-11H2,1-2H3,(H,20,21,22). The minimum Gasteiger partial charge on any atom is -0.497 e. The SMILES string of the molecule is CCc1ncnc(NC2CCN(c3ccc(OC)cc3)CC2)c1Cl. The molecule has 1 aromatic heterocycles. The van der Waals surface area contributed by atoms with Crippen LogP contribution < -0.4 is 15.0 Å². The van der Waals surface area contributed by atoms with Crippen LogP contribution in [0.1, 0.15) is 25.5 Å². The van der Waals surface area contributed by atoms with Gasteiger partial charge in [0.15, 0.2) is 0 Å². The van der Waals surface area contributed by atoms with Gasteiger partial charge in [-0.05, 0) is 43.5 Å². The number of ether oxygens (including phenoxy) is 1. The molecule has 1 aliphatic rings. The molecule has 128 valence electrons. The highest BCUT2D eigenvalue weighted by atomic mass is 35.5. The molecule has 1 fully saturated rings. The van der Waals surface area contributed by atoms with E-state index in [1.807, 2.05) is 19.1 Å². The first-order chi connectivity index (χ1) is 11.7. The molecule has 1 saturated heterocycles. The van der Waals surface area contributed by atoms with Crippen LogP contribution in [0.5, 0.6) is 5.75 Å². The van der Waals surface area contributed by atoms with Gasteiger partial charge in [-0.15, -0.1) is 0 Å². The van der Waals surface area contributed by atoms with Crippen molar-refractivity contribution in [2.75, 3.05) is 30.4 Å². The molecule has 1 N–H and O–H groups in total. The number of aromatic nitrogens is 2. The first-order valence-corrected chi connectivity index (χ1v) is 8.74. The lowest BCUT2D eigenvalue weighted by Crippen LogP contribution is -2.39. The van der Waals surface area contributed by atoms with Crippen LogP contribution in [0.25, 0.3) is 0 Å². The van der Waals surface area contributed by atoms with Crippen LogP contribution in [0.15, 0.2) is 30.6 Å². The monoisotopic (exact) mass is 346 g/mol. The van der Waals surface area contributed by atoms with Gasteiger partial charge in [-0.3, -0.25) is 0 Å². The predicted molar refractivity (Wildman–Crippen MR) is 98.3 cm³/mol. The van der Waals surface area contributed by atoms with Gasteiger partial charge in [-0.1, -0.05) is 18.5 Å². The Hall–Kier alpha value is -2.01. The Morgan fingerprint density at radius 2 is 1.92 bits per heavy atom. The Balaban J connectivity index is 1.59. The zero-order chi connectivity index (χ0) is 16.9. The van der Waals surface area contributed by atoms with Gasteiger partial charge in [0, 0.05) is 24.8 Å². The normalized spacial score (nSPS) is 15.4. The molecule has 24 heavy (non-hydrogen) atoms. The lowest BCUT2D eigenvalue weighted by atomic mass is 10.0. The molecule has 0 atom stereocenters. The Kier molecular flexibility index (Phi) is 5.41. The summed E-state index contributed by atoms with van der Waals surface area (Å²) in [7, 11) is 1.69. The number of benzene rings is 1. The summed E-state index contributed by atoms with van der Waals surface area (Å²) < 4.78 is 5.22. The number of anilines is 2. The van der Waals surface area contributed by atoms with Gasteiger partial charge < -0.3 is 15.0 Å². The van der Waals surface area contributed by atoms with Gasteiger partial charge in [0.2, 0.25) is 0 Å². The molecule has 2 heterocycles. The van der Waals surface area contributed by atoms with E-state index in [0.29, 0.717) is 11.1 Å². The largest absolute Gasteiger partial charge is 0.497 e. The lowest BCUT2D eigenvalue weighted by molar-refractivity contribution is 0.414. The number of hydrogen-bond acceptors (Lipinski definition) is 5. The van der Waals surface area contributed by atoms with Gasteiger partial charge in [-0.2, -0.15) is 0 Å². The summed E-state index contributed by atoms with van der Waals surface area (Å²) in [4.78, 5) is 10.9. The summed E-state index contributed by atoms with van der Waals surface area (Å²) in [6.07, 6.45) is 4.49. The number of nitrogens with one attached hydrogen (secondary N) is 1. The van der Waals surface area contributed by atoms with Gasteiger partial charge in [0.1, 0.15) is 22.9 Å². The summed E-state index contributed by atoms with van der Waals surface area (Å²) in [6.45, 7) is 4.06. The molecule has 0 bridgehead atoms. The molecule has 0 amide bonds. The minimum atomic E-state index is 0.386. The summed E-state index contributed by atoms with van der Waals surface area (Å²) in [5.74, 6) is 1.65. The number of methoxy groups -OCH3 is 1. The highest BCUT2D eigenvalue weighted by molar-refractivity contribution is 6.33. The van der Waals surface area contributed by atoms with E-state index >= 15 is 0 Å². The molecule has 2 aromatic rings. The fourth-order valence-electron chi connectivity index (χ4n) is 3.02. The molecule has 0 aliphatic carbocycles. The van der Waals surface area contributed by atoms with Crippen LogP contribution in [0.3, 0.4) is 0 Å². The zero-order valence-electron chi connectivity index (χ0n) is 14.1. The summed E-state index contributed by atoms with van der Waals surface area (Å²) in [6, 6.07) is 8.62. The molecular formula is C18H23ClN4O. The maximum Gasteiger partial charge on any atom is 0.148 e. The Bertz CT molecular complexity index is 669. The van der Waals surface area contributed by atoms with Crippen molar-refractivity contribution in [3.05, 3.63) is 41.3 Å². The molecule has 5 nitrogen and oxygen atoms in total. The van der Waals surface area contributed by atoms with Crippen molar-refractivity contribution >= 4 is 23.1 Å². The molecule has 1 aliphatic heterocycles. The van der Waals surface area contributed by atoms with Gasteiger partial charge in [0.25, 0.3) is 0 Å². The van der Waals surface area contributed by atoms with Crippen LogP contribution >= 0.6 is 11.6 Å². The molecule has 0 spiro atoms. The topological polar surface area (TPSA) is 50.3 Å². The fraction of sp³-hybridized carbons (Fsp3) is 0.444. The van der Waals surface area contributed by atoms with E-state index in [1.165, 1.54) is 5.69 Å². The van der Waals surface area contributed by atoms with E-state index in [-0.39, 0.29) is 0 Å². The van der Waals surface area contributed by atoms with Crippen molar-refractivity contribution in [3.8, 4) is 5.75 Å². The van der Waals surface area contributed by atoms with Crippen molar-refractivity contribution in [3.63, 3.8) is 0 Å². The third-order valence-corrected chi connectivity index (χ3v) is 4.87. The third-order valence-electron chi connectivity index (χ3n) is 4.47. The Morgan fingerprint density at radius 1 is 1.21 bits per heavy atom. The Morgan fingerprint density at radius 3 is 2.54 bits per heavy atom. The van der Waals surface area contributed by atoms with Gasteiger partial charge >= 0.3 is 0 Å². The first kappa shape index (κ1) is 16.8. The fourth-order valence-corrected chi connectivity index (χ4v) is 3.31. The molecule has 0 radical (unpaired) electrons. The summed E-state index contributed by atoms with van der Waals surface area (Å²) in [5, 5.41) is 4.13. The summed E-state index contributed by atoms with van der Waals surface area (Å²) >= 11 is 6.37. The van der Waals surface area contributed by atoms with Gasteiger partial charge in [0.05, 0.1) is 12.8 Å². The first-order valence-electron chi connectivity index (χ1n) is 8.36. The van der Waals surface area contributed by atoms with E-state index in [9.17, 15) is 0 Å². The molecule has 6 heteroatoms. The lowest BCUT2D eigenvalue weighted by Gasteiger charge is -2.34. The van der Waals surface area contributed by atoms with E-state index in [2.05, 4.69) is 32.3 Å². The van der Waals surface area contributed by atoms with Crippen molar-refractivity contribution in [2.24, 2.45) is 0 Å². The van der Waals surface area contributed by atoms with Crippen molar-refractivity contribution < 1.29 is 4.74 Å². The second kappa shape index (κ2) is 7.71. The number of piperidine rings is 1. The molecule has 3 rings (SSSR count). The van der Waals surface area contributed by atoms with Crippen LogP contribution in [-0.4, -0.2) is 36.2 Å². The third kappa shape index (κ3) is 3.73. The van der Waals surface area contributed by atoms with Crippen molar-refractivity contribution in [2.45, 2.75) is 32.2 Å². The maximum atomic E-state index is 6.37. The van der Waals surface area contributed by atoms with E-state index < -0.39 is 0 Å². The number of nitrogens with zero attached hydrogens (tertiary/aromatic N) is 3. The molecular weight excluding hydrogens is 324 g/mol. The summed E-state index contributed by atoms with van der Waals surface area (Å²) in [5.41, 5.74) is 2.13. The number of halogens is 1. The second-order valence-corrected chi connectivity index (χ2v) is 6.32. The predicted octanol–water partition coefficient (Wildman–Crippen LogP) is 3.78. The Labute approximate surface area is 148 Å². The zero-order valence-corrected chi connectivity index (χ0v) is 14.9. The number of rotatable bonds is 5. The smallest absolute Gasteiger partial charge is 0.148 e. The van der Waals surface area contributed by atoms with Crippen molar-refractivity contribution in [1.82, 2.24) is 9.97 Å². The number of aryl methyl sites for hydroxylation is 1. The maximum absolute atomic E-state index is 6.37. The van der Waals surface area contributed by atoms with E-state index in [0.717, 1.165) is 49.6 Å². The van der Waals surface area contributed by atoms with E-state index in [1.54, 1.807) is 13.4 Å². The number of hydrogen-bond donors (Lipinski definition) is 1. The molecule has 0 saturated carbocycles. The van der Waals surface area contributed by atoms with Crippen molar-refractivity contribution in [1.29, 1.82) is 0 Å². The van der Waals surface area contributed by atoms with Crippen LogP contribution in [0, 0.1) is 0 Å². The second-order valence-electron chi connectivity index (χ2n) is 5.94. The van der Waals surface area contributed by atoms with Gasteiger partial charge in [-0.25, -0.2) is 9.97 Å². The molecule has 1 aromatic carbocycles. The average Bonchev–Trinajstić information content (AvgIpc) is 2.64. The van der Waals surface area contributed by atoms with E-state index in [4.69, 9.17) is 16.3 Å². The van der Waals surface area contributed by atoms with Crippen LogP contribution in [-0.2, 0) is 6.42 Å². The quantitative estimate of drug-likeness (QED) is 0.892. The average molecular weight is 347 g/mol. The minimum absolute atomic E-state index is 0.386.